The Balaban J connectivity index is 2.43. The van der Waals surface area contributed by atoms with Crippen LogP contribution in [-0.4, -0.2) is 0 Å². The number of rotatable bonds is 2. The predicted molar refractivity (Wildman–Crippen MR) is 83.3 cm³/mol. The van der Waals surface area contributed by atoms with Crippen molar-refractivity contribution in [1.29, 1.82) is 0 Å². The molecule has 0 radical (unpaired) electrons. The van der Waals surface area contributed by atoms with Crippen LogP contribution in [0.4, 0.5) is 0 Å². The summed E-state index contributed by atoms with van der Waals surface area (Å²) in [5.41, 5.74) is 2.30. The van der Waals surface area contributed by atoms with Gasteiger partial charge in [-0.1, -0.05) is 31.9 Å². The second-order valence-corrected chi connectivity index (χ2v) is 7.40. The van der Waals surface area contributed by atoms with Crippen molar-refractivity contribution in [2.75, 3.05) is 0 Å². The van der Waals surface area contributed by atoms with Gasteiger partial charge in [0.05, 0.1) is 5.38 Å². The third kappa shape index (κ3) is 2.95. The third-order valence-corrected chi connectivity index (χ3v) is 5.77. The van der Waals surface area contributed by atoms with Crippen LogP contribution in [0.25, 0.3) is 0 Å². The molecule has 4 heteroatoms. The quantitative estimate of drug-likeness (QED) is 0.531. The van der Waals surface area contributed by atoms with Gasteiger partial charge in [0.1, 0.15) is 0 Å². The SMILES string of the molecule is Cc1ccc(C(Cl)c2cc(Br)c(C)cc2Br)s1. The van der Waals surface area contributed by atoms with Crippen LogP contribution < -0.4 is 0 Å². The first-order valence-electron chi connectivity index (χ1n) is 5.15. The molecule has 0 nitrogen and oxygen atoms in total. The van der Waals surface area contributed by atoms with Gasteiger partial charge in [-0.15, -0.1) is 22.9 Å². The lowest BCUT2D eigenvalue weighted by Crippen LogP contribution is -1.93. The second-order valence-electron chi connectivity index (χ2n) is 3.93. The van der Waals surface area contributed by atoms with Crippen LogP contribution in [0.1, 0.15) is 26.3 Å². The zero-order chi connectivity index (χ0) is 12.6. The van der Waals surface area contributed by atoms with E-state index in [9.17, 15) is 0 Å². The summed E-state index contributed by atoms with van der Waals surface area (Å²) < 4.78 is 2.15. The number of alkyl halides is 1. The van der Waals surface area contributed by atoms with Crippen molar-refractivity contribution in [3.63, 3.8) is 0 Å². The van der Waals surface area contributed by atoms with E-state index < -0.39 is 0 Å². The summed E-state index contributed by atoms with van der Waals surface area (Å²) in [6.45, 7) is 4.16. The predicted octanol–water partition coefficient (Wildman–Crippen LogP) is 6.22. The fraction of sp³-hybridized carbons (Fsp3) is 0.231. The number of benzene rings is 1. The minimum atomic E-state index is -0.0972. The highest BCUT2D eigenvalue weighted by molar-refractivity contribution is 9.11. The minimum Gasteiger partial charge on any atom is -0.144 e. The molecule has 2 aromatic rings. The molecule has 0 saturated heterocycles. The van der Waals surface area contributed by atoms with E-state index >= 15 is 0 Å². The van der Waals surface area contributed by atoms with Crippen LogP contribution in [0.3, 0.4) is 0 Å². The summed E-state index contributed by atoms with van der Waals surface area (Å²) in [5.74, 6) is 0. The lowest BCUT2D eigenvalue weighted by molar-refractivity contribution is 1.15. The molecule has 0 fully saturated rings. The monoisotopic (exact) mass is 392 g/mol. The molecule has 0 saturated carbocycles. The molecule has 2 rings (SSSR count). The standard InChI is InChI=1S/C13H11Br2ClS/c1-7-5-11(15)9(6-10(7)14)13(16)12-4-3-8(2)17-12/h3-6,13H,1-2H3. The molecular weight excluding hydrogens is 383 g/mol. The van der Waals surface area contributed by atoms with Crippen LogP contribution in [0.15, 0.2) is 33.2 Å². The van der Waals surface area contributed by atoms with Crippen molar-refractivity contribution in [2.45, 2.75) is 19.2 Å². The Bertz CT molecular complexity index is 548. The van der Waals surface area contributed by atoms with Gasteiger partial charge in [-0.3, -0.25) is 0 Å². The van der Waals surface area contributed by atoms with Gasteiger partial charge in [-0.25, -0.2) is 0 Å². The zero-order valence-corrected chi connectivity index (χ0v) is 14.2. The highest BCUT2D eigenvalue weighted by Crippen LogP contribution is 2.39. The van der Waals surface area contributed by atoms with Gasteiger partial charge in [-0.05, 0) is 49.2 Å². The molecular formula is C13H11Br2ClS. The fourth-order valence-corrected chi connectivity index (χ4v) is 4.04. The molecule has 0 bridgehead atoms. The van der Waals surface area contributed by atoms with Gasteiger partial charge < -0.3 is 0 Å². The van der Waals surface area contributed by atoms with Crippen molar-refractivity contribution in [3.05, 3.63) is 54.1 Å². The van der Waals surface area contributed by atoms with Crippen LogP contribution in [-0.2, 0) is 0 Å². The summed E-state index contributed by atoms with van der Waals surface area (Å²) in [6, 6.07) is 8.38. The molecule has 1 atom stereocenters. The van der Waals surface area contributed by atoms with Crippen molar-refractivity contribution in [1.82, 2.24) is 0 Å². The fourth-order valence-electron chi connectivity index (χ4n) is 1.60. The Hall–Kier alpha value is 0.170. The van der Waals surface area contributed by atoms with Gasteiger partial charge >= 0.3 is 0 Å². The Kier molecular flexibility index (Phi) is 4.35. The molecule has 0 amide bonds. The number of hydrogen-bond donors (Lipinski definition) is 0. The molecule has 0 aliphatic heterocycles. The van der Waals surface area contributed by atoms with Crippen LogP contribution in [0.5, 0.6) is 0 Å². The summed E-state index contributed by atoms with van der Waals surface area (Å²) in [4.78, 5) is 2.47. The van der Waals surface area contributed by atoms with Crippen molar-refractivity contribution >= 4 is 54.8 Å². The minimum absolute atomic E-state index is 0.0972. The Morgan fingerprint density at radius 1 is 1.12 bits per heavy atom. The van der Waals surface area contributed by atoms with Crippen LogP contribution in [0, 0.1) is 13.8 Å². The lowest BCUT2D eigenvalue weighted by atomic mass is 10.1. The topological polar surface area (TPSA) is 0 Å². The van der Waals surface area contributed by atoms with Crippen LogP contribution >= 0.6 is 54.8 Å². The van der Waals surface area contributed by atoms with E-state index in [0.717, 1.165) is 14.5 Å². The Labute approximate surface area is 127 Å². The normalized spacial score (nSPS) is 12.8. The molecule has 0 aliphatic carbocycles. The summed E-state index contributed by atoms with van der Waals surface area (Å²) in [7, 11) is 0. The summed E-state index contributed by atoms with van der Waals surface area (Å²) in [5, 5.41) is -0.0972. The van der Waals surface area contributed by atoms with Crippen molar-refractivity contribution in [3.8, 4) is 0 Å². The van der Waals surface area contributed by atoms with Gasteiger partial charge in [0.25, 0.3) is 0 Å². The first-order valence-corrected chi connectivity index (χ1v) is 7.99. The maximum absolute atomic E-state index is 6.53. The largest absolute Gasteiger partial charge is 0.144 e. The van der Waals surface area contributed by atoms with Gasteiger partial charge in [0.2, 0.25) is 0 Å². The lowest BCUT2D eigenvalue weighted by Gasteiger charge is -2.12. The number of hydrogen-bond acceptors (Lipinski definition) is 1. The van der Waals surface area contributed by atoms with Crippen LogP contribution in [0.2, 0.25) is 0 Å². The van der Waals surface area contributed by atoms with E-state index in [1.54, 1.807) is 11.3 Å². The first kappa shape index (κ1) is 13.6. The highest BCUT2D eigenvalue weighted by Gasteiger charge is 2.16. The first-order chi connectivity index (χ1) is 7.99. The Morgan fingerprint density at radius 3 is 2.41 bits per heavy atom. The smallest absolute Gasteiger partial charge is 0.0939 e. The average Bonchev–Trinajstić information content (AvgIpc) is 2.69. The number of aryl methyl sites for hydroxylation is 2. The van der Waals surface area contributed by atoms with Gasteiger partial charge in [0.15, 0.2) is 0 Å². The number of halogens is 3. The molecule has 1 unspecified atom stereocenters. The third-order valence-electron chi connectivity index (χ3n) is 2.56. The highest BCUT2D eigenvalue weighted by atomic mass is 79.9. The van der Waals surface area contributed by atoms with E-state index in [1.165, 1.54) is 15.3 Å². The molecule has 90 valence electrons. The maximum Gasteiger partial charge on any atom is 0.0939 e. The van der Waals surface area contributed by atoms with E-state index in [2.05, 4.69) is 70.0 Å². The van der Waals surface area contributed by atoms with E-state index in [-0.39, 0.29) is 5.38 Å². The molecule has 17 heavy (non-hydrogen) atoms. The van der Waals surface area contributed by atoms with Crippen molar-refractivity contribution < 1.29 is 0 Å². The summed E-state index contributed by atoms with van der Waals surface area (Å²) in [6.07, 6.45) is 0. The van der Waals surface area contributed by atoms with Crippen molar-refractivity contribution in [2.24, 2.45) is 0 Å². The van der Waals surface area contributed by atoms with E-state index in [1.807, 2.05) is 0 Å². The molecule has 0 spiro atoms. The van der Waals surface area contributed by atoms with E-state index in [0.29, 0.717) is 0 Å². The zero-order valence-electron chi connectivity index (χ0n) is 9.43. The molecule has 1 aromatic heterocycles. The maximum atomic E-state index is 6.53. The molecule has 0 aliphatic rings. The average molecular weight is 395 g/mol. The number of thiophene rings is 1. The summed E-state index contributed by atoms with van der Waals surface area (Å²) >= 11 is 15.4. The van der Waals surface area contributed by atoms with E-state index in [4.69, 9.17) is 11.6 Å². The Morgan fingerprint density at radius 2 is 1.82 bits per heavy atom. The second kappa shape index (κ2) is 5.43. The molecule has 1 aromatic carbocycles. The van der Waals surface area contributed by atoms with Gasteiger partial charge in [0, 0.05) is 18.7 Å². The van der Waals surface area contributed by atoms with Gasteiger partial charge in [-0.2, -0.15) is 0 Å². The molecule has 0 N–H and O–H groups in total. The molecule has 1 heterocycles.